The Labute approximate surface area is 94.0 Å². The van der Waals surface area contributed by atoms with Crippen LogP contribution in [0, 0.1) is 0 Å². The van der Waals surface area contributed by atoms with E-state index in [1.807, 2.05) is 0 Å². The first kappa shape index (κ1) is 10.6. The van der Waals surface area contributed by atoms with Gasteiger partial charge < -0.3 is 10.1 Å². The van der Waals surface area contributed by atoms with Crippen LogP contribution in [-0.4, -0.2) is 29.2 Å². The van der Waals surface area contributed by atoms with Crippen LogP contribution in [0.5, 0.6) is 5.88 Å². The van der Waals surface area contributed by atoms with E-state index in [0.29, 0.717) is 18.5 Å². The second-order valence-electron chi connectivity index (χ2n) is 3.62. The molecule has 1 aromatic heterocycles. The Balaban J connectivity index is 1.81. The highest BCUT2D eigenvalue weighted by Crippen LogP contribution is 2.11. The van der Waals surface area contributed by atoms with Gasteiger partial charge in [-0.3, -0.25) is 0 Å². The minimum Gasteiger partial charge on any atom is -0.476 e. The van der Waals surface area contributed by atoms with Crippen LogP contribution in [0.3, 0.4) is 0 Å². The molecule has 0 bridgehead atoms. The SMILES string of the molecule is Clc1nccc(OCC2CCCCN2)n1. The normalized spacial score (nSPS) is 21.3. The lowest BCUT2D eigenvalue weighted by atomic mass is 10.1. The van der Waals surface area contributed by atoms with Crippen molar-refractivity contribution in [1.29, 1.82) is 0 Å². The van der Waals surface area contributed by atoms with E-state index in [-0.39, 0.29) is 5.28 Å². The van der Waals surface area contributed by atoms with Crippen LogP contribution in [0.2, 0.25) is 5.28 Å². The zero-order chi connectivity index (χ0) is 10.5. The van der Waals surface area contributed by atoms with Crippen molar-refractivity contribution in [3.05, 3.63) is 17.5 Å². The van der Waals surface area contributed by atoms with Gasteiger partial charge in [-0.25, -0.2) is 4.98 Å². The maximum Gasteiger partial charge on any atom is 0.225 e. The molecule has 1 aromatic rings. The van der Waals surface area contributed by atoms with E-state index in [1.54, 1.807) is 12.3 Å². The molecule has 0 saturated carbocycles. The van der Waals surface area contributed by atoms with E-state index < -0.39 is 0 Å². The summed E-state index contributed by atoms with van der Waals surface area (Å²) in [6.07, 6.45) is 5.29. The molecular formula is C10H14ClN3O. The predicted octanol–water partition coefficient (Wildman–Crippen LogP) is 1.65. The monoisotopic (exact) mass is 227 g/mol. The van der Waals surface area contributed by atoms with Gasteiger partial charge in [0, 0.05) is 18.3 Å². The number of piperidine rings is 1. The van der Waals surface area contributed by atoms with Crippen molar-refractivity contribution in [3.8, 4) is 5.88 Å². The summed E-state index contributed by atoms with van der Waals surface area (Å²) in [5.41, 5.74) is 0. The molecule has 0 aliphatic carbocycles. The fraction of sp³-hybridized carbons (Fsp3) is 0.600. The quantitative estimate of drug-likeness (QED) is 0.798. The Bertz CT molecular complexity index is 315. The third-order valence-corrected chi connectivity index (χ3v) is 2.63. The van der Waals surface area contributed by atoms with Gasteiger partial charge in [-0.1, -0.05) is 6.42 Å². The molecule has 4 nitrogen and oxygen atoms in total. The Hall–Kier alpha value is -0.870. The molecule has 0 aromatic carbocycles. The van der Waals surface area contributed by atoms with Gasteiger partial charge in [-0.15, -0.1) is 0 Å². The molecule has 2 heterocycles. The standard InChI is InChI=1S/C10H14ClN3O/c11-10-13-6-4-9(14-10)15-7-8-3-1-2-5-12-8/h4,6,8,12H,1-3,5,7H2. The Morgan fingerprint density at radius 2 is 2.47 bits per heavy atom. The number of aromatic nitrogens is 2. The van der Waals surface area contributed by atoms with Gasteiger partial charge in [0.25, 0.3) is 0 Å². The highest BCUT2D eigenvalue weighted by molar-refractivity contribution is 6.28. The molecule has 1 fully saturated rings. The van der Waals surface area contributed by atoms with Crippen molar-refractivity contribution in [2.24, 2.45) is 0 Å². The van der Waals surface area contributed by atoms with Gasteiger partial charge in [0.05, 0.1) is 0 Å². The van der Waals surface area contributed by atoms with E-state index in [0.717, 1.165) is 6.54 Å². The van der Waals surface area contributed by atoms with Crippen LogP contribution in [0.15, 0.2) is 12.3 Å². The van der Waals surface area contributed by atoms with Crippen LogP contribution in [0.4, 0.5) is 0 Å². The van der Waals surface area contributed by atoms with Crippen LogP contribution in [0.1, 0.15) is 19.3 Å². The summed E-state index contributed by atoms with van der Waals surface area (Å²) in [7, 11) is 0. The van der Waals surface area contributed by atoms with Gasteiger partial charge in [-0.2, -0.15) is 4.98 Å². The van der Waals surface area contributed by atoms with Crippen LogP contribution >= 0.6 is 11.6 Å². The molecule has 0 radical (unpaired) electrons. The first-order valence-electron chi connectivity index (χ1n) is 5.19. The minimum atomic E-state index is 0.226. The summed E-state index contributed by atoms with van der Waals surface area (Å²) in [5, 5.41) is 3.63. The first-order chi connectivity index (χ1) is 7.34. The highest BCUT2D eigenvalue weighted by Gasteiger charge is 2.13. The molecule has 1 unspecified atom stereocenters. The van der Waals surface area contributed by atoms with E-state index in [9.17, 15) is 0 Å². The largest absolute Gasteiger partial charge is 0.476 e. The molecule has 15 heavy (non-hydrogen) atoms. The fourth-order valence-electron chi connectivity index (χ4n) is 1.65. The van der Waals surface area contributed by atoms with Gasteiger partial charge in [0.2, 0.25) is 11.2 Å². The summed E-state index contributed by atoms with van der Waals surface area (Å²) >= 11 is 5.65. The molecule has 5 heteroatoms. The van der Waals surface area contributed by atoms with Crippen molar-refractivity contribution in [1.82, 2.24) is 15.3 Å². The lowest BCUT2D eigenvalue weighted by Gasteiger charge is -2.23. The number of rotatable bonds is 3. The van der Waals surface area contributed by atoms with Crippen LogP contribution in [-0.2, 0) is 0 Å². The number of hydrogen-bond donors (Lipinski definition) is 1. The van der Waals surface area contributed by atoms with Crippen molar-refractivity contribution in [2.45, 2.75) is 25.3 Å². The fourth-order valence-corrected chi connectivity index (χ4v) is 1.79. The van der Waals surface area contributed by atoms with Gasteiger partial charge in [0.1, 0.15) is 6.61 Å². The second-order valence-corrected chi connectivity index (χ2v) is 3.96. The number of nitrogens with zero attached hydrogens (tertiary/aromatic N) is 2. The summed E-state index contributed by atoms with van der Waals surface area (Å²) in [6.45, 7) is 1.73. The van der Waals surface area contributed by atoms with E-state index in [1.165, 1.54) is 19.3 Å². The van der Waals surface area contributed by atoms with E-state index in [2.05, 4.69) is 15.3 Å². The topological polar surface area (TPSA) is 47.0 Å². The zero-order valence-electron chi connectivity index (χ0n) is 8.45. The summed E-state index contributed by atoms with van der Waals surface area (Å²) in [6, 6.07) is 2.15. The highest BCUT2D eigenvalue weighted by atomic mass is 35.5. The van der Waals surface area contributed by atoms with Gasteiger partial charge in [-0.05, 0) is 31.0 Å². The molecule has 0 spiro atoms. The molecule has 0 amide bonds. The number of nitrogens with one attached hydrogen (secondary N) is 1. The second kappa shape index (κ2) is 5.28. The minimum absolute atomic E-state index is 0.226. The van der Waals surface area contributed by atoms with Crippen molar-refractivity contribution >= 4 is 11.6 Å². The molecule has 82 valence electrons. The smallest absolute Gasteiger partial charge is 0.225 e. The number of halogens is 1. The average molecular weight is 228 g/mol. The van der Waals surface area contributed by atoms with Crippen LogP contribution < -0.4 is 10.1 Å². The van der Waals surface area contributed by atoms with E-state index in [4.69, 9.17) is 16.3 Å². The van der Waals surface area contributed by atoms with Crippen molar-refractivity contribution in [2.75, 3.05) is 13.2 Å². The number of hydrogen-bond acceptors (Lipinski definition) is 4. The number of ether oxygens (including phenoxy) is 1. The summed E-state index contributed by atoms with van der Waals surface area (Å²) < 4.78 is 5.53. The third kappa shape index (κ3) is 3.32. The Morgan fingerprint density at radius 3 is 3.20 bits per heavy atom. The third-order valence-electron chi connectivity index (χ3n) is 2.45. The van der Waals surface area contributed by atoms with Gasteiger partial charge >= 0.3 is 0 Å². The molecule has 1 aliphatic rings. The Kier molecular flexibility index (Phi) is 3.75. The Morgan fingerprint density at radius 1 is 1.53 bits per heavy atom. The van der Waals surface area contributed by atoms with E-state index >= 15 is 0 Å². The maximum absolute atomic E-state index is 5.65. The van der Waals surface area contributed by atoms with Crippen molar-refractivity contribution < 1.29 is 4.74 Å². The molecule has 1 aliphatic heterocycles. The predicted molar refractivity (Wildman–Crippen MR) is 58.2 cm³/mol. The molecular weight excluding hydrogens is 214 g/mol. The molecule has 1 saturated heterocycles. The maximum atomic E-state index is 5.65. The molecule has 2 rings (SSSR count). The lowest BCUT2D eigenvalue weighted by molar-refractivity contribution is 0.232. The lowest BCUT2D eigenvalue weighted by Crippen LogP contribution is -2.38. The van der Waals surface area contributed by atoms with Crippen molar-refractivity contribution in [3.63, 3.8) is 0 Å². The van der Waals surface area contributed by atoms with Crippen LogP contribution in [0.25, 0.3) is 0 Å². The molecule has 1 N–H and O–H groups in total. The zero-order valence-corrected chi connectivity index (χ0v) is 9.20. The summed E-state index contributed by atoms with van der Waals surface area (Å²) in [4.78, 5) is 7.76. The first-order valence-corrected chi connectivity index (χ1v) is 5.57. The van der Waals surface area contributed by atoms with Gasteiger partial charge in [0.15, 0.2) is 0 Å². The molecule has 1 atom stereocenters. The average Bonchev–Trinajstić information content (AvgIpc) is 2.28. The summed E-state index contributed by atoms with van der Waals surface area (Å²) in [5.74, 6) is 0.544.